The number of fused-ring (bicyclic) bond motifs is 1. The molecule has 0 saturated carbocycles. The zero-order chi connectivity index (χ0) is 13.8. The maximum atomic E-state index is 12.1. The van der Waals surface area contributed by atoms with Gasteiger partial charge in [0.25, 0.3) is 0 Å². The van der Waals surface area contributed by atoms with Crippen molar-refractivity contribution in [2.45, 2.75) is 46.1 Å². The average molecular weight is 281 g/mol. The summed E-state index contributed by atoms with van der Waals surface area (Å²) in [6.07, 6.45) is 4.34. The fourth-order valence-corrected chi connectivity index (χ4v) is 3.12. The largest absolute Gasteiger partial charge is 0.326 e. The molecule has 0 saturated heterocycles. The molecule has 0 fully saturated rings. The van der Waals surface area contributed by atoms with Crippen LogP contribution in [0, 0.1) is 4.64 Å². The van der Waals surface area contributed by atoms with E-state index < -0.39 is 0 Å². The molecule has 0 spiro atoms. The first kappa shape index (κ1) is 14.5. The van der Waals surface area contributed by atoms with E-state index in [4.69, 9.17) is 12.2 Å². The lowest BCUT2D eigenvalue weighted by atomic mass is 9.97. The summed E-state index contributed by atoms with van der Waals surface area (Å²) in [6.45, 7) is 8.03. The highest BCUT2D eigenvalue weighted by Gasteiger charge is 2.16. The first-order valence-corrected chi connectivity index (χ1v) is 7.65. The highest BCUT2D eigenvalue weighted by atomic mass is 32.1. The molecule has 19 heavy (non-hydrogen) atoms. The summed E-state index contributed by atoms with van der Waals surface area (Å²) in [4.78, 5) is 17.3. The SMILES string of the molecule is CCN(CC)CCn1c2c(c(=S)[nH]c1=O)CCCC2. The fraction of sp³-hybridized carbons (Fsp3) is 0.714. The Hall–Kier alpha value is -0.940. The third-order valence-corrected chi connectivity index (χ3v) is 4.39. The molecule has 1 aliphatic rings. The van der Waals surface area contributed by atoms with Gasteiger partial charge < -0.3 is 4.90 Å². The zero-order valence-corrected chi connectivity index (χ0v) is 12.7. The molecule has 1 aromatic rings. The lowest BCUT2D eigenvalue weighted by Gasteiger charge is -2.23. The van der Waals surface area contributed by atoms with Gasteiger partial charge in [0.1, 0.15) is 4.64 Å². The highest BCUT2D eigenvalue weighted by molar-refractivity contribution is 7.71. The second kappa shape index (κ2) is 6.48. The molecule has 2 rings (SSSR count). The number of aromatic nitrogens is 2. The molecule has 1 aromatic heterocycles. The molecule has 0 unspecified atom stereocenters. The van der Waals surface area contributed by atoms with Gasteiger partial charge in [-0.15, -0.1) is 0 Å². The Bertz CT molecular complexity index is 543. The summed E-state index contributed by atoms with van der Waals surface area (Å²) >= 11 is 5.29. The Morgan fingerprint density at radius 2 is 1.95 bits per heavy atom. The van der Waals surface area contributed by atoms with Crippen molar-refractivity contribution >= 4 is 12.2 Å². The van der Waals surface area contributed by atoms with E-state index in [1.165, 1.54) is 17.7 Å². The van der Waals surface area contributed by atoms with E-state index in [0.717, 1.165) is 45.4 Å². The number of hydrogen-bond acceptors (Lipinski definition) is 3. The van der Waals surface area contributed by atoms with Gasteiger partial charge in [0.05, 0.1) is 0 Å². The Morgan fingerprint density at radius 1 is 1.26 bits per heavy atom. The van der Waals surface area contributed by atoms with Crippen LogP contribution >= 0.6 is 12.2 Å². The molecule has 0 bridgehead atoms. The molecule has 1 heterocycles. The fourth-order valence-electron chi connectivity index (χ4n) is 2.81. The first-order chi connectivity index (χ1) is 9.17. The third-order valence-electron chi connectivity index (χ3n) is 4.04. The molecule has 0 atom stereocenters. The van der Waals surface area contributed by atoms with Gasteiger partial charge in [0, 0.05) is 24.3 Å². The van der Waals surface area contributed by atoms with Crippen LogP contribution in [0.2, 0.25) is 0 Å². The van der Waals surface area contributed by atoms with Gasteiger partial charge in [-0.25, -0.2) is 4.79 Å². The topological polar surface area (TPSA) is 41.0 Å². The van der Waals surface area contributed by atoms with Crippen molar-refractivity contribution in [3.05, 3.63) is 26.4 Å². The summed E-state index contributed by atoms with van der Waals surface area (Å²) in [5.41, 5.74) is 2.32. The maximum absolute atomic E-state index is 12.1. The molecule has 106 valence electrons. The summed E-state index contributed by atoms with van der Waals surface area (Å²) < 4.78 is 2.56. The van der Waals surface area contributed by atoms with E-state index in [2.05, 4.69) is 23.7 Å². The Morgan fingerprint density at radius 3 is 2.63 bits per heavy atom. The third kappa shape index (κ3) is 3.15. The van der Waals surface area contributed by atoms with Crippen LogP contribution in [-0.4, -0.2) is 34.1 Å². The number of aromatic amines is 1. The Kier molecular flexibility index (Phi) is 4.93. The van der Waals surface area contributed by atoms with Gasteiger partial charge >= 0.3 is 5.69 Å². The minimum absolute atomic E-state index is 0.0437. The number of hydrogen-bond donors (Lipinski definition) is 1. The van der Waals surface area contributed by atoms with E-state index in [0.29, 0.717) is 4.64 Å². The van der Waals surface area contributed by atoms with Gasteiger partial charge in [-0.1, -0.05) is 26.1 Å². The first-order valence-electron chi connectivity index (χ1n) is 7.24. The van der Waals surface area contributed by atoms with Crippen molar-refractivity contribution in [3.63, 3.8) is 0 Å². The lowest BCUT2D eigenvalue weighted by molar-refractivity contribution is 0.286. The van der Waals surface area contributed by atoms with Crippen molar-refractivity contribution in [1.29, 1.82) is 0 Å². The van der Waals surface area contributed by atoms with Crippen LogP contribution in [0.3, 0.4) is 0 Å². The molecular formula is C14H23N3OS. The highest BCUT2D eigenvalue weighted by Crippen LogP contribution is 2.20. The lowest BCUT2D eigenvalue weighted by Crippen LogP contribution is -2.35. The summed E-state index contributed by atoms with van der Waals surface area (Å²) in [7, 11) is 0. The number of rotatable bonds is 5. The number of likely N-dealkylation sites (N-methyl/N-ethyl adjacent to an activating group) is 1. The number of nitrogens with one attached hydrogen (secondary N) is 1. The minimum Gasteiger partial charge on any atom is -0.302 e. The predicted octanol–water partition coefficient (Wildman–Crippen LogP) is 2.13. The normalized spacial score (nSPS) is 14.7. The summed E-state index contributed by atoms with van der Waals surface area (Å²) in [5, 5.41) is 0. The number of H-pyrrole nitrogens is 1. The van der Waals surface area contributed by atoms with Gasteiger partial charge in [-0.3, -0.25) is 9.55 Å². The van der Waals surface area contributed by atoms with Crippen LogP contribution in [0.15, 0.2) is 4.79 Å². The van der Waals surface area contributed by atoms with Crippen molar-refractivity contribution in [2.75, 3.05) is 19.6 Å². The molecule has 0 aliphatic heterocycles. The van der Waals surface area contributed by atoms with E-state index in [9.17, 15) is 4.79 Å². The quantitative estimate of drug-likeness (QED) is 0.841. The van der Waals surface area contributed by atoms with Crippen LogP contribution in [0.4, 0.5) is 0 Å². The van der Waals surface area contributed by atoms with E-state index >= 15 is 0 Å². The van der Waals surface area contributed by atoms with Crippen LogP contribution in [0.25, 0.3) is 0 Å². The predicted molar refractivity (Wildman–Crippen MR) is 80.3 cm³/mol. The van der Waals surface area contributed by atoms with Crippen molar-refractivity contribution in [1.82, 2.24) is 14.5 Å². The second-order valence-corrected chi connectivity index (χ2v) is 5.48. The molecular weight excluding hydrogens is 258 g/mol. The Labute approximate surface area is 119 Å². The van der Waals surface area contributed by atoms with Gasteiger partial charge in [-0.2, -0.15) is 0 Å². The van der Waals surface area contributed by atoms with Crippen LogP contribution in [0.5, 0.6) is 0 Å². The maximum Gasteiger partial charge on any atom is 0.326 e. The van der Waals surface area contributed by atoms with Crippen molar-refractivity contribution < 1.29 is 0 Å². The molecule has 5 heteroatoms. The van der Waals surface area contributed by atoms with Crippen LogP contribution < -0.4 is 5.69 Å². The van der Waals surface area contributed by atoms with E-state index in [-0.39, 0.29) is 5.69 Å². The smallest absolute Gasteiger partial charge is 0.302 e. The second-order valence-electron chi connectivity index (χ2n) is 5.07. The average Bonchev–Trinajstić information content (AvgIpc) is 2.43. The van der Waals surface area contributed by atoms with Crippen LogP contribution in [-0.2, 0) is 19.4 Å². The minimum atomic E-state index is -0.0437. The van der Waals surface area contributed by atoms with Gasteiger partial charge in [0.15, 0.2) is 0 Å². The summed E-state index contributed by atoms with van der Waals surface area (Å²) in [5.74, 6) is 0. The molecule has 0 amide bonds. The number of nitrogens with zero attached hydrogens (tertiary/aromatic N) is 2. The van der Waals surface area contributed by atoms with Crippen molar-refractivity contribution in [3.8, 4) is 0 Å². The molecule has 1 aliphatic carbocycles. The molecule has 1 N–H and O–H groups in total. The zero-order valence-electron chi connectivity index (χ0n) is 11.9. The standard InChI is InChI=1S/C14H23N3OS/c1-3-16(4-2)9-10-17-12-8-6-5-7-11(12)13(19)15-14(17)18/h3-10H2,1-2H3,(H,15,18,19). The van der Waals surface area contributed by atoms with Crippen LogP contribution in [0.1, 0.15) is 37.9 Å². The Balaban J connectivity index is 2.29. The molecule has 0 aromatic carbocycles. The monoisotopic (exact) mass is 281 g/mol. The van der Waals surface area contributed by atoms with Gasteiger partial charge in [0.2, 0.25) is 0 Å². The molecule has 4 nitrogen and oxygen atoms in total. The summed E-state index contributed by atoms with van der Waals surface area (Å²) in [6, 6.07) is 0. The molecule has 0 radical (unpaired) electrons. The van der Waals surface area contributed by atoms with Crippen molar-refractivity contribution in [2.24, 2.45) is 0 Å². The van der Waals surface area contributed by atoms with E-state index in [1.807, 2.05) is 4.57 Å². The van der Waals surface area contributed by atoms with Gasteiger partial charge in [-0.05, 0) is 38.8 Å². The van der Waals surface area contributed by atoms with E-state index in [1.54, 1.807) is 0 Å².